The molecule has 27 heavy (non-hydrogen) atoms. The first-order valence-corrected chi connectivity index (χ1v) is 11.0. The van der Waals surface area contributed by atoms with E-state index in [2.05, 4.69) is 15.2 Å². The van der Waals surface area contributed by atoms with Gasteiger partial charge < -0.3 is 10.2 Å². The van der Waals surface area contributed by atoms with E-state index < -0.39 is 15.3 Å². The summed E-state index contributed by atoms with van der Waals surface area (Å²) in [5, 5.41) is 4.66. The van der Waals surface area contributed by atoms with Crippen molar-refractivity contribution in [1.82, 2.24) is 14.6 Å². The minimum atomic E-state index is -3.47. The second kappa shape index (κ2) is 7.17. The van der Waals surface area contributed by atoms with Gasteiger partial charge in [-0.3, -0.25) is 4.79 Å². The Morgan fingerprint density at radius 1 is 1.15 bits per heavy atom. The van der Waals surface area contributed by atoms with E-state index in [4.69, 9.17) is 0 Å². The number of carbonyl (C=O) groups excluding carboxylic acids is 1. The van der Waals surface area contributed by atoms with Crippen molar-refractivity contribution in [2.75, 3.05) is 37.6 Å². The molecule has 2 aliphatic heterocycles. The van der Waals surface area contributed by atoms with Gasteiger partial charge in [0.2, 0.25) is 15.9 Å². The molecule has 3 heterocycles. The summed E-state index contributed by atoms with van der Waals surface area (Å²) in [6.07, 6.45) is 0.0378. The summed E-state index contributed by atoms with van der Waals surface area (Å²) in [6.45, 7) is 2.03. The molecule has 10 heteroatoms. The summed E-state index contributed by atoms with van der Waals surface area (Å²) in [7, 11) is -3.47. The number of thiazole rings is 1. The molecule has 0 saturated carbocycles. The Balaban J connectivity index is 1.41. The third-order valence-corrected chi connectivity index (χ3v) is 8.02. The highest BCUT2D eigenvalue weighted by molar-refractivity contribution is 7.89. The average Bonchev–Trinajstić information content (AvgIpc) is 3.32. The van der Waals surface area contributed by atoms with E-state index in [0.717, 1.165) is 16.4 Å². The number of sulfonamides is 1. The van der Waals surface area contributed by atoms with Gasteiger partial charge in [0.15, 0.2) is 5.13 Å². The Hall–Kier alpha value is -2.04. The van der Waals surface area contributed by atoms with Gasteiger partial charge in [-0.1, -0.05) is 0 Å². The minimum absolute atomic E-state index is 0.0378. The molecule has 1 aromatic heterocycles. The first-order valence-electron chi connectivity index (χ1n) is 8.65. The van der Waals surface area contributed by atoms with Crippen LogP contribution in [-0.2, 0) is 14.8 Å². The van der Waals surface area contributed by atoms with E-state index in [1.54, 1.807) is 12.1 Å². The summed E-state index contributed by atoms with van der Waals surface area (Å²) in [4.78, 5) is 18.0. The molecule has 2 fully saturated rings. The number of hydrogen-bond donors (Lipinski definition) is 1. The molecule has 4 rings (SSSR count). The molecule has 2 saturated heterocycles. The van der Waals surface area contributed by atoms with Gasteiger partial charge in [0, 0.05) is 50.1 Å². The van der Waals surface area contributed by atoms with Crippen molar-refractivity contribution in [3.05, 3.63) is 35.5 Å². The van der Waals surface area contributed by atoms with E-state index >= 15 is 0 Å². The normalized spacial score (nSPS) is 21.4. The SMILES string of the molecule is O=C1CC(S(=O)(=O)N2CCN(c3nc(-c4ccc(F)cc4)cs3)CC2)CN1. The van der Waals surface area contributed by atoms with Crippen LogP contribution in [0, 0.1) is 5.82 Å². The van der Waals surface area contributed by atoms with Gasteiger partial charge in [-0.05, 0) is 24.3 Å². The van der Waals surface area contributed by atoms with Crippen LogP contribution in [0.15, 0.2) is 29.6 Å². The Morgan fingerprint density at radius 2 is 1.85 bits per heavy atom. The Kier molecular flexibility index (Phi) is 4.87. The number of piperazine rings is 1. The van der Waals surface area contributed by atoms with Crippen LogP contribution in [-0.4, -0.2) is 61.6 Å². The lowest BCUT2D eigenvalue weighted by Crippen LogP contribution is -2.51. The lowest BCUT2D eigenvalue weighted by atomic mass is 10.2. The van der Waals surface area contributed by atoms with E-state index in [1.807, 2.05) is 5.38 Å². The topological polar surface area (TPSA) is 82.6 Å². The number of anilines is 1. The summed E-state index contributed by atoms with van der Waals surface area (Å²) in [6, 6.07) is 6.19. The number of nitrogens with zero attached hydrogens (tertiary/aromatic N) is 3. The van der Waals surface area contributed by atoms with Gasteiger partial charge in [0.1, 0.15) is 11.1 Å². The van der Waals surface area contributed by atoms with Gasteiger partial charge in [-0.25, -0.2) is 17.8 Å². The van der Waals surface area contributed by atoms with Gasteiger partial charge in [-0.2, -0.15) is 4.31 Å². The van der Waals surface area contributed by atoms with Crippen LogP contribution in [0.25, 0.3) is 11.3 Å². The molecule has 0 radical (unpaired) electrons. The number of amides is 1. The van der Waals surface area contributed by atoms with Crippen molar-refractivity contribution in [1.29, 1.82) is 0 Å². The van der Waals surface area contributed by atoms with Crippen LogP contribution < -0.4 is 10.2 Å². The zero-order chi connectivity index (χ0) is 19.0. The molecule has 144 valence electrons. The summed E-state index contributed by atoms with van der Waals surface area (Å²) in [5.74, 6) is -0.496. The van der Waals surface area contributed by atoms with Gasteiger partial charge >= 0.3 is 0 Å². The van der Waals surface area contributed by atoms with E-state index in [-0.39, 0.29) is 24.7 Å². The van der Waals surface area contributed by atoms with E-state index in [0.29, 0.717) is 26.2 Å². The zero-order valence-electron chi connectivity index (χ0n) is 14.5. The van der Waals surface area contributed by atoms with Crippen molar-refractivity contribution in [2.45, 2.75) is 11.7 Å². The highest BCUT2D eigenvalue weighted by Gasteiger charge is 2.38. The number of halogens is 1. The first kappa shape index (κ1) is 18.3. The molecule has 2 aromatic rings. The maximum absolute atomic E-state index is 13.1. The summed E-state index contributed by atoms with van der Waals surface area (Å²) < 4.78 is 39.9. The van der Waals surface area contributed by atoms with Crippen molar-refractivity contribution >= 4 is 32.4 Å². The van der Waals surface area contributed by atoms with Gasteiger partial charge in [-0.15, -0.1) is 11.3 Å². The van der Waals surface area contributed by atoms with Crippen molar-refractivity contribution in [3.8, 4) is 11.3 Å². The fourth-order valence-electron chi connectivity index (χ4n) is 3.30. The lowest BCUT2D eigenvalue weighted by Gasteiger charge is -2.34. The lowest BCUT2D eigenvalue weighted by molar-refractivity contribution is -0.119. The van der Waals surface area contributed by atoms with Crippen molar-refractivity contribution in [2.24, 2.45) is 0 Å². The number of carbonyl (C=O) groups is 1. The minimum Gasteiger partial charge on any atom is -0.355 e. The number of nitrogens with one attached hydrogen (secondary N) is 1. The predicted molar refractivity (Wildman–Crippen MR) is 102 cm³/mol. The molecule has 1 amide bonds. The molecule has 0 spiro atoms. The molecule has 0 bridgehead atoms. The first-order chi connectivity index (χ1) is 12.9. The molecule has 2 aliphatic rings. The molecule has 1 unspecified atom stereocenters. The molecule has 1 N–H and O–H groups in total. The largest absolute Gasteiger partial charge is 0.355 e. The second-order valence-electron chi connectivity index (χ2n) is 6.58. The van der Waals surface area contributed by atoms with Crippen molar-refractivity contribution in [3.63, 3.8) is 0 Å². The van der Waals surface area contributed by atoms with Gasteiger partial charge in [0.05, 0.1) is 5.69 Å². The fourth-order valence-corrected chi connectivity index (χ4v) is 5.94. The number of aromatic nitrogens is 1. The molecule has 1 aromatic carbocycles. The number of rotatable bonds is 4. The Labute approximate surface area is 160 Å². The van der Waals surface area contributed by atoms with Crippen molar-refractivity contribution < 1.29 is 17.6 Å². The van der Waals surface area contributed by atoms with Crippen LogP contribution in [0.2, 0.25) is 0 Å². The van der Waals surface area contributed by atoms with Gasteiger partial charge in [0.25, 0.3) is 0 Å². The molecule has 0 aliphatic carbocycles. The second-order valence-corrected chi connectivity index (χ2v) is 9.63. The highest BCUT2D eigenvalue weighted by Crippen LogP contribution is 2.29. The fraction of sp³-hybridized carbons (Fsp3) is 0.412. The summed E-state index contributed by atoms with van der Waals surface area (Å²) in [5.41, 5.74) is 1.62. The maximum Gasteiger partial charge on any atom is 0.221 e. The maximum atomic E-state index is 13.1. The average molecular weight is 410 g/mol. The monoisotopic (exact) mass is 410 g/mol. The molecule has 1 atom stereocenters. The highest BCUT2D eigenvalue weighted by atomic mass is 32.2. The number of hydrogen-bond acceptors (Lipinski definition) is 6. The van der Waals surface area contributed by atoms with Crippen LogP contribution >= 0.6 is 11.3 Å². The van der Waals surface area contributed by atoms with E-state index in [1.165, 1.54) is 27.8 Å². The smallest absolute Gasteiger partial charge is 0.221 e. The van der Waals surface area contributed by atoms with Crippen LogP contribution in [0.3, 0.4) is 0 Å². The molecular weight excluding hydrogens is 391 g/mol. The Morgan fingerprint density at radius 3 is 2.48 bits per heavy atom. The predicted octanol–water partition coefficient (Wildman–Crippen LogP) is 1.29. The molecule has 7 nitrogen and oxygen atoms in total. The Bertz CT molecular complexity index is 937. The third kappa shape index (κ3) is 3.69. The van der Waals surface area contributed by atoms with Crippen LogP contribution in [0.4, 0.5) is 9.52 Å². The standard InChI is InChI=1S/C17H19FN4O3S2/c18-13-3-1-12(2-4-13)15-11-26-17(20-15)21-5-7-22(8-6-21)27(24,25)14-9-16(23)19-10-14/h1-4,11,14H,5-10H2,(H,19,23). The quantitative estimate of drug-likeness (QED) is 0.821. The van der Waals surface area contributed by atoms with Crippen LogP contribution in [0.1, 0.15) is 6.42 Å². The zero-order valence-corrected chi connectivity index (χ0v) is 16.1. The number of benzene rings is 1. The third-order valence-electron chi connectivity index (χ3n) is 4.86. The summed E-state index contributed by atoms with van der Waals surface area (Å²) >= 11 is 1.49. The van der Waals surface area contributed by atoms with Crippen LogP contribution in [0.5, 0.6) is 0 Å². The molecular formula is C17H19FN4O3S2. The van der Waals surface area contributed by atoms with E-state index in [9.17, 15) is 17.6 Å².